The first-order valence-electron chi connectivity index (χ1n) is 5.60. The molecule has 0 saturated heterocycles. The summed E-state index contributed by atoms with van der Waals surface area (Å²) in [5.41, 5.74) is 0.668. The first-order valence-corrected chi connectivity index (χ1v) is 5.60. The van der Waals surface area contributed by atoms with Crippen molar-refractivity contribution in [2.45, 2.75) is 6.92 Å². The number of aromatic nitrogens is 2. The van der Waals surface area contributed by atoms with Crippen LogP contribution < -0.4 is 10.2 Å². The molecule has 0 aliphatic carbocycles. The van der Waals surface area contributed by atoms with Crippen LogP contribution in [-0.4, -0.2) is 17.0 Å². The Hall–Kier alpha value is -2.68. The van der Waals surface area contributed by atoms with Crippen LogP contribution in [0, 0.1) is 24.2 Å². The van der Waals surface area contributed by atoms with Crippen LogP contribution in [0.15, 0.2) is 30.3 Å². The monoisotopic (exact) mass is 257 g/mol. The fourth-order valence-corrected chi connectivity index (χ4v) is 1.66. The van der Waals surface area contributed by atoms with E-state index in [2.05, 4.69) is 15.3 Å². The van der Waals surface area contributed by atoms with E-state index < -0.39 is 0 Å². The van der Waals surface area contributed by atoms with Gasteiger partial charge in [-0.2, -0.15) is 5.26 Å². The molecule has 96 valence electrons. The van der Waals surface area contributed by atoms with Crippen LogP contribution >= 0.6 is 0 Å². The normalized spacial score (nSPS) is 9.79. The maximum Gasteiger partial charge on any atom is 0.182 e. The van der Waals surface area contributed by atoms with E-state index in [4.69, 9.17) is 5.26 Å². The number of nitriles is 1. The number of nitrogens with one attached hydrogen (secondary N) is 1. The molecule has 0 amide bonds. The highest BCUT2D eigenvalue weighted by Crippen LogP contribution is 2.23. The molecule has 0 spiro atoms. The Morgan fingerprint density at radius 1 is 1.32 bits per heavy atom. The number of nitrogens with zero attached hydrogens (tertiary/aromatic N) is 4. The van der Waals surface area contributed by atoms with Gasteiger partial charge in [0, 0.05) is 18.8 Å². The van der Waals surface area contributed by atoms with Gasteiger partial charge in [0.2, 0.25) is 0 Å². The molecule has 1 aromatic heterocycles. The smallest absolute Gasteiger partial charge is 0.182 e. The third-order valence-electron chi connectivity index (χ3n) is 2.55. The Morgan fingerprint density at radius 3 is 2.79 bits per heavy atom. The van der Waals surface area contributed by atoms with Crippen molar-refractivity contribution in [3.05, 3.63) is 42.0 Å². The van der Waals surface area contributed by atoms with Crippen molar-refractivity contribution in [1.82, 2.24) is 9.97 Å². The second-order valence-corrected chi connectivity index (χ2v) is 3.93. The first kappa shape index (κ1) is 12.8. The molecular weight excluding hydrogens is 245 g/mol. The molecule has 0 saturated carbocycles. The lowest BCUT2D eigenvalue weighted by atomic mass is 10.3. The molecule has 0 atom stereocenters. The second kappa shape index (κ2) is 5.31. The van der Waals surface area contributed by atoms with Gasteiger partial charge >= 0.3 is 0 Å². The highest BCUT2D eigenvalue weighted by molar-refractivity contribution is 5.62. The minimum absolute atomic E-state index is 0.314. The Labute approximate surface area is 110 Å². The van der Waals surface area contributed by atoms with Crippen molar-refractivity contribution >= 4 is 17.3 Å². The SMILES string of the molecule is Cc1nc(NC#N)cc(N(C)c2cccc(F)c2)n1. The Morgan fingerprint density at radius 2 is 2.11 bits per heavy atom. The molecule has 0 bridgehead atoms. The summed E-state index contributed by atoms with van der Waals surface area (Å²) >= 11 is 0. The Kier molecular flexibility index (Phi) is 3.57. The van der Waals surface area contributed by atoms with Crippen molar-refractivity contribution in [1.29, 1.82) is 5.26 Å². The zero-order valence-electron chi connectivity index (χ0n) is 10.6. The average Bonchev–Trinajstić information content (AvgIpc) is 2.37. The van der Waals surface area contributed by atoms with E-state index in [9.17, 15) is 4.39 Å². The lowest BCUT2D eigenvalue weighted by molar-refractivity contribution is 0.628. The molecule has 1 heterocycles. The number of aryl methyl sites for hydroxylation is 1. The molecule has 6 heteroatoms. The largest absolute Gasteiger partial charge is 0.329 e. The van der Waals surface area contributed by atoms with E-state index >= 15 is 0 Å². The standard InChI is InChI=1S/C13H12FN5/c1-9-17-12(16-8-15)7-13(18-9)19(2)11-5-3-4-10(14)6-11/h3-7H,1-2H3,(H,16,17,18). The summed E-state index contributed by atoms with van der Waals surface area (Å²) in [6.07, 6.45) is 1.81. The highest BCUT2D eigenvalue weighted by atomic mass is 19.1. The molecule has 2 rings (SSSR count). The third-order valence-corrected chi connectivity index (χ3v) is 2.55. The van der Waals surface area contributed by atoms with E-state index in [1.807, 2.05) is 6.19 Å². The quantitative estimate of drug-likeness (QED) is 0.676. The number of benzene rings is 1. The van der Waals surface area contributed by atoms with Crippen LogP contribution in [-0.2, 0) is 0 Å². The van der Waals surface area contributed by atoms with E-state index in [0.717, 1.165) is 0 Å². The minimum Gasteiger partial charge on any atom is -0.329 e. The van der Waals surface area contributed by atoms with Crippen molar-refractivity contribution < 1.29 is 4.39 Å². The van der Waals surface area contributed by atoms with Gasteiger partial charge in [-0.15, -0.1) is 0 Å². The fraction of sp³-hybridized carbons (Fsp3) is 0.154. The minimum atomic E-state index is -0.314. The number of anilines is 3. The van der Waals surface area contributed by atoms with Crippen molar-refractivity contribution in [3.63, 3.8) is 0 Å². The maximum atomic E-state index is 13.2. The Balaban J connectivity index is 2.38. The van der Waals surface area contributed by atoms with Gasteiger partial charge in [0.25, 0.3) is 0 Å². The van der Waals surface area contributed by atoms with Crippen LogP contribution in [0.3, 0.4) is 0 Å². The van der Waals surface area contributed by atoms with Crippen LogP contribution in [0.4, 0.5) is 21.7 Å². The molecule has 5 nitrogen and oxygen atoms in total. The predicted molar refractivity (Wildman–Crippen MR) is 70.5 cm³/mol. The molecule has 0 radical (unpaired) electrons. The molecule has 0 aliphatic rings. The number of hydrogen-bond donors (Lipinski definition) is 1. The van der Waals surface area contributed by atoms with Gasteiger partial charge in [-0.1, -0.05) is 6.07 Å². The fourth-order valence-electron chi connectivity index (χ4n) is 1.66. The zero-order chi connectivity index (χ0) is 13.8. The van der Waals surface area contributed by atoms with Gasteiger partial charge in [-0.05, 0) is 25.1 Å². The molecule has 1 aromatic carbocycles. The predicted octanol–water partition coefficient (Wildman–Crippen LogP) is 2.59. The van der Waals surface area contributed by atoms with Crippen LogP contribution in [0.25, 0.3) is 0 Å². The van der Waals surface area contributed by atoms with Gasteiger partial charge in [-0.3, -0.25) is 5.32 Å². The van der Waals surface area contributed by atoms with Gasteiger partial charge in [0.1, 0.15) is 23.3 Å². The molecular formula is C13H12FN5. The number of hydrogen-bond acceptors (Lipinski definition) is 5. The highest BCUT2D eigenvalue weighted by Gasteiger charge is 2.09. The number of halogens is 1. The summed E-state index contributed by atoms with van der Waals surface area (Å²) in [4.78, 5) is 10.1. The molecule has 0 fully saturated rings. The third kappa shape index (κ3) is 2.96. The maximum absolute atomic E-state index is 13.2. The summed E-state index contributed by atoms with van der Waals surface area (Å²) in [7, 11) is 1.77. The van der Waals surface area contributed by atoms with Crippen molar-refractivity contribution in [2.24, 2.45) is 0 Å². The van der Waals surface area contributed by atoms with Crippen LogP contribution in [0.1, 0.15) is 5.82 Å². The molecule has 19 heavy (non-hydrogen) atoms. The summed E-state index contributed by atoms with van der Waals surface area (Å²) in [6, 6.07) is 7.82. The van der Waals surface area contributed by atoms with E-state index in [-0.39, 0.29) is 5.82 Å². The lowest BCUT2D eigenvalue weighted by Crippen LogP contribution is -2.13. The molecule has 0 unspecified atom stereocenters. The van der Waals surface area contributed by atoms with E-state index in [0.29, 0.717) is 23.1 Å². The van der Waals surface area contributed by atoms with E-state index in [1.54, 1.807) is 37.1 Å². The van der Waals surface area contributed by atoms with Gasteiger partial charge in [0.15, 0.2) is 6.19 Å². The molecule has 2 aromatic rings. The number of rotatable bonds is 3. The van der Waals surface area contributed by atoms with Gasteiger partial charge in [-0.25, -0.2) is 14.4 Å². The lowest BCUT2D eigenvalue weighted by Gasteiger charge is -2.19. The first-order chi connectivity index (χ1) is 9.10. The summed E-state index contributed by atoms with van der Waals surface area (Å²) in [6.45, 7) is 1.73. The van der Waals surface area contributed by atoms with Crippen LogP contribution in [0.5, 0.6) is 0 Å². The van der Waals surface area contributed by atoms with Gasteiger partial charge in [0.05, 0.1) is 0 Å². The molecule has 0 aliphatic heterocycles. The summed E-state index contributed by atoms with van der Waals surface area (Å²) in [5.74, 6) is 1.20. The van der Waals surface area contributed by atoms with E-state index in [1.165, 1.54) is 12.1 Å². The Bertz CT molecular complexity index is 635. The van der Waals surface area contributed by atoms with Gasteiger partial charge < -0.3 is 4.90 Å². The van der Waals surface area contributed by atoms with Crippen molar-refractivity contribution in [2.75, 3.05) is 17.3 Å². The van der Waals surface area contributed by atoms with Crippen LogP contribution in [0.2, 0.25) is 0 Å². The average molecular weight is 257 g/mol. The summed E-state index contributed by atoms with van der Waals surface area (Å²) < 4.78 is 13.2. The van der Waals surface area contributed by atoms with Crippen molar-refractivity contribution in [3.8, 4) is 6.19 Å². The topological polar surface area (TPSA) is 64.8 Å². The second-order valence-electron chi connectivity index (χ2n) is 3.93. The summed E-state index contributed by atoms with van der Waals surface area (Å²) in [5, 5.41) is 11.1. The molecule has 1 N–H and O–H groups in total. The zero-order valence-corrected chi connectivity index (χ0v) is 10.6.